The van der Waals surface area contributed by atoms with Crippen molar-refractivity contribution in [2.24, 2.45) is 0 Å². The Morgan fingerprint density at radius 1 is 1.56 bits per heavy atom. The number of halogens is 2. The summed E-state index contributed by atoms with van der Waals surface area (Å²) < 4.78 is 19.7. The van der Waals surface area contributed by atoms with E-state index in [0.717, 1.165) is 9.99 Å². The number of hydrogen-bond donors (Lipinski definition) is 1. The molecule has 1 aromatic rings. The highest BCUT2D eigenvalue weighted by Crippen LogP contribution is 2.20. The zero-order chi connectivity index (χ0) is 13.5. The number of carboxylic acid groups (broad SMARTS) is 1. The average Bonchev–Trinajstić information content (AvgIpc) is 2.36. The minimum Gasteiger partial charge on any atom is -0.478 e. The first-order valence-electron chi connectivity index (χ1n) is 5.77. The minimum absolute atomic E-state index is 0.183. The van der Waals surface area contributed by atoms with Gasteiger partial charge in [0, 0.05) is 4.43 Å². The number of rotatable bonds is 7. The van der Waals surface area contributed by atoms with Crippen LogP contribution in [0.1, 0.15) is 25.3 Å². The van der Waals surface area contributed by atoms with Gasteiger partial charge in [-0.3, -0.25) is 0 Å². The van der Waals surface area contributed by atoms with E-state index in [2.05, 4.69) is 22.6 Å². The predicted molar refractivity (Wildman–Crippen MR) is 76.0 cm³/mol. The summed E-state index contributed by atoms with van der Waals surface area (Å²) in [7, 11) is 0. The Balaban J connectivity index is 2.79. The smallest absolute Gasteiger partial charge is 0.348 e. The molecule has 5 heteroatoms. The van der Waals surface area contributed by atoms with Crippen LogP contribution >= 0.6 is 22.6 Å². The quantitative estimate of drug-likeness (QED) is 0.593. The van der Waals surface area contributed by atoms with Gasteiger partial charge in [0.15, 0.2) is 0 Å². The number of aliphatic carboxylic acids is 1. The standard InChI is InChI=1S/C13H16FIO3/c1-2-4-11(14)12(13(16)17)18-10-6-3-5-9(7-10)8-15/h3,5-7,11-12H,2,4,8H2,1H3,(H,16,17). The topological polar surface area (TPSA) is 46.5 Å². The van der Waals surface area contributed by atoms with E-state index in [1.165, 1.54) is 0 Å². The van der Waals surface area contributed by atoms with Gasteiger partial charge in [-0.1, -0.05) is 48.1 Å². The van der Waals surface area contributed by atoms with Crippen LogP contribution in [0.3, 0.4) is 0 Å². The summed E-state index contributed by atoms with van der Waals surface area (Å²) in [6.45, 7) is 1.81. The Morgan fingerprint density at radius 2 is 2.28 bits per heavy atom. The van der Waals surface area contributed by atoms with Gasteiger partial charge >= 0.3 is 5.97 Å². The molecule has 2 unspecified atom stereocenters. The van der Waals surface area contributed by atoms with E-state index in [-0.39, 0.29) is 6.42 Å². The van der Waals surface area contributed by atoms with Gasteiger partial charge in [-0.25, -0.2) is 9.18 Å². The second-order valence-corrected chi connectivity index (χ2v) is 4.73. The summed E-state index contributed by atoms with van der Waals surface area (Å²) in [4.78, 5) is 11.0. The van der Waals surface area contributed by atoms with E-state index in [1.54, 1.807) is 18.2 Å². The Kier molecular flexibility index (Phi) is 6.38. The van der Waals surface area contributed by atoms with E-state index < -0.39 is 18.2 Å². The van der Waals surface area contributed by atoms with Crippen molar-refractivity contribution >= 4 is 28.6 Å². The molecule has 2 atom stereocenters. The summed E-state index contributed by atoms with van der Waals surface area (Å²) in [5.41, 5.74) is 1.02. The summed E-state index contributed by atoms with van der Waals surface area (Å²) in [5.74, 6) is -0.869. The molecule has 0 saturated heterocycles. The molecule has 3 nitrogen and oxygen atoms in total. The molecule has 0 aliphatic rings. The summed E-state index contributed by atoms with van der Waals surface area (Å²) in [5, 5.41) is 8.99. The average molecular weight is 366 g/mol. The molecule has 0 fully saturated rings. The fourth-order valence-electron chi connectivity index (χ4n) is 1.55. The molecule has 0 saturated carbocycles. The number of carboxylic acids is 1. The lowest BCUT2D eigenvalue weighted by molar-refractivity contribution is -0.148. The van der Waals surface area contributed by atoms with Crippen molar-refractivity contribution in [2.45, 2.75) is 36.5 Å². The van der Waals surface area contributed by atoms with Gasteiger partial charge < -0.3 is 9.84 Å². The molecule has 0 spiro atoms. The van der Waals surface area contributed by atoms with E-state index in [1.807, 2.05) is 13.0 Å². The van der Waals surface area contributed by atoms with Crippen LogP contribution in [0.5, 0.6) is 5.75 Å². The van der Waals surface area contributed by atoms with Crippen LogP contribution in [0.4, 0.5) is 4.39 Å². The molecule has 0 heterocycles. The molecule has 1 N–H and O–H groups in total. The molecule has 0 radical (unpaired) electrons. The molecule has 0 amide bonds. The molecule has 100 valence electrons. The number of benzene rings is 1. The third-order valence-electron chi connectivity index (χ3n) is 2.45. The lowest BCUT2D eigenvalue weighted by Crippen LogP contribution is -2.36. The Morgan fingerprint density at radius 3 is 2.83 bits per heavy atom. The van der Waals surface area contributed by atoms with Gasteiger partial charge in [0.25, 0.3) is 0 Å². The number of alkyl halides is 2. The van der Waals surface area contributed by atoms with Crippen LogP contribution in [0.25, 0.3) is 0 Å². The summed E-state index contributed by atoms with van der Waals surface area (Å²) in [6.07, 6.45) is -2.16. The normalized spacial score (nSPS) is 13.9. The SMILES string of the molecule is CCCC(F)C(Oc1cccc(CI)c1)C(=O)O. The van der Waals surface area contributed by atoms with Crippen molar-refractivity contribution < 1.29 is 19.0 Å². The Labute approximate surface area is 119 Å². The third-order valence-corrected chi connectivity index (χ3v) is 3.33. The molecule has 0 bridgehead atoms. The van der Waals surface area contributed by atoms with Gasteiger partial charge in [-0.05, 0) is 24.1 Å². The fraction of sp³-hybridized carbons (Fsp3) is 0.462. The van der Waals surface area contributed by atoms with E-state index in [4.69, 9.17) is 9.84 Å². The van der Waals surface area contributed by atoms with E-state index in [0.29, 0.717) is 12.2 Å². The highest BCUT2D eigenvalue weighted by molar-refractivity contribution is 14.1. The maximum Gasteiger partial charge on any atom is 0.348 e. The molecule has 0 aliphatic carbocycles. The van der Waals surface area contributed by atoms with Gasteiger partial charge in [0.2, 0.25) is 6.10 Å². The first-order valence-corrected chi connectivity index (χ1v) is 7.29. The minimum atomic E-state index is -1.49. The zero-order valence-corrected chi connectivity index (χ0v) is 12.3. The van der Waals surface area contributed by atoms with Crippen molar-refractivity contribution in [3.8, 4) is 5.75 Å². The van der Waals surface area contributed by atoms with Crippen LogP contribution in [0.2, 0.25) is 0 Å². The van der Waals surface area contributed by atoms with E-state index in [9.17, 15) is 9.18 Å². The van der Waals surface area contributed by atoms with Crippen LogP contribution in [0, 0.1) is 0 Å². The summed E-state index contributed by atoms with van der Waals surface area (Å²) in [6, 6.07) is 7.06. The van der Waals surface area contributed by atoms with Gasteiger partial charge in [0.05, 0.1) is 0 Å². The largest absolute Gasteiger partial charge is 0.478 e. The Hall–Kier alpha value is -0.850. The second-order valence-electron chi connectivity index (χ2n) is 3.96. The second kappa shape index (κ2) is 7.56. The van der Waals surface area contributed by atoms with Crippen LogP contribution in [-0.4, -0.2) is 23.4 Å². The van der Waals surface area contributed by atoms with Crippen molar-refractivity contribution in [3.63, 3.8) is 0 Å². The number of hydrogen-bond acceptors (Lipinski definition) is 2. The fourth-order valence-corrected chi connectivity index (χ4v) is 2.03. The molecule has 1 rings (SSSR count). The number of carbonyl (C=O) groups is 1. The lowest BCUT2D eigenvalue weighted by Gasteiger charge is -2.18. The third kappa shape index (κ3) is 4.44. The molecular formula is C13H16FIO3. The molecule has 1 aromatic carbocycles. The highest BCUT2D eigenvalue weighted by atomic mass is 127. The van der Waals surface area contributed by atoms with Gasteiger partial charge in [-0.2, -0.15) is 0 Å². The maximum absolute atomic E-state index is 13.7. The van der Waals surface area contributed by atoms with Crippen LogP contribution in [-0.2, 0) is 9.22 Å². The van der Waals surface area contributed by atoms with Crippen LogP contribution < -0.4 is 4.74 Å². The highest BCUT2D eigenvalue weighted by Gasteiger charge is 2.29. The maximum atomic E-state index is 13.7. The van der Waals surface area contributed by atoms with Crippen molar-refractivity contribution in [1.82, 2.24) is 0 Å². The first kappa shape index (κ1) is 15.2. The van der Waals surface area contributed by atoms with Crippen LogP contribution in [0.15, 0.2) is 24.3 Å². The van der Waals surface area contributed by atoms with Crippen molar-refractivity contribution in [2.75, 3.05) is 0 Å². The molecule has 18 heavy (non-hydrogen) atoms. The van der Waals surface area contributed by atoms with E-state index >= 15 is 0 Å². The summed E-state index contributed by atoms with van der Waals surface area (Å²) >= 11 is 2.20. The lowest BCUT2D eigenvalue weighted by atomic mass is 10.1. The predicted octanol–water partition coefficient (Wildman–Crippen LogP) is 3.59. The monoisotopic (exact) mass is 366 g/mol. The molecular weight excluding hydrogens is 350 g/mol. The first-order chi connectivity index (χ1) is 8.58. The zero-order valence-electron chi connectivity index (χ0n) is 10.1. The Bertz CT molecular complexity index is 398. The van der Waals surface area contributed by atoms with Crippen molar-refractivity contribution in [1.29, 1.82) is 0 Å². The molecule has 0 aromatic heterocycles. The van der Waals surface area contributed by atoms with Gasteiger partial charge in [-0.15, -0.1) is 0 Å². The van der Waals surface area contributed by atoms with Gasteiger partial charge in [0.1, 0.15) is 11.9 Å². The molecule has 0 aliphatic heterocycles. The number of ether oxygens (including phenoxy) is 1. The van der Waals surface area contributed by atoms with Crippen molar-refractivity contribution in [3.05, 3.63) is 29.8 Å².